The van der Waals surface area contributed by atoms with Gasteiger partial charge in [-0.25, -0.2) is 8.42 Å². The van der Waals surface area contributed by atoms with Crippen molar-refractivity contribution in [3.63, 3.8) is 0 Å². The van der Waals surface area contributed by atoms with Gasteiger partial charge in [0, 0.05) is 19.0 Å². The SMILES string of the molecule is COc1cccc(CNC[C@@H](O)[C@H](Cc2ccccc2)NC(=O)[C@H](C)CS(=O)(=O)CCC(C)C)c1. The van der Waals surface area contributed by atoms with Crippen molar-refractivity contribution in [3.8, 4) is 5.75 Å². The number of carbonyl (C=O) groups is 1. The van der Waals surface area contributed by atoms with Gasteiger partial charge >= 0.3 is 0 Å². The minimum absolute atomic E-state index is 0.0759. The topological polar surface area (TPSA) is 105 Å². The summed E-state index contributed by atoms with van der Waals surface area (Å²) < 4.78 is 30.1. The molecule has 1 amide bonds. The molecule has 3 atom stereocenters. The molecule has 0 heterocycles. The Morgan fingerprint density at radius 3 is 2.37 bits per heavy atom. The van der Waals surface area contributed by atoms with Gasteiger partial charge in [-0.15, -0.1) is 0 Å². The van der Waals surface area contributed by atoms with E-state index in [2.05, 4.69) is 10.6 Å². The van der Waals surface area contributed by atoms with Gasteiger partial charge < -0.3 is 20.5 Å². The normalized spacial score (nSPS) is 14.3. The molecule has 0 aromatic heterocycles. The fourth-order valence-electron chi connectivity index (χ4n) is 3.72. The van der Waals surface area contributed by atoms with Crippen molar-refractivity contribution in [3.05, 3.63) is 65.7 Å². The molecule has 0 spiro atoms. The third kappa shape index (κ3) is 10.8. The van der Waals surface area contributed by atoms with Crippen LogP contribution in [0.4, 0.5) is 0 Å². The Labute approximate surface area is 210 Å². The van der Waals surface area contributed by atoms with Gasteiger partial charge in [0.25, 0.3) is 0 Å². The highest BCUT2D eigenvalue weighted by molar-refractivity contribution is 7.91. The van der Waals surface area contributed by atoms with Crippen LogP contribution in [0.3, 0.4) is 0 Å². The van der Waals surface area contributed by atoms with Gasteiger partial charge in [0.05, 0.1) is 30.8 Å². The van der Waals surface area contributed by atoms with Crippen molar-refractivity contribution < 1.29 is 23.1 Å². The number of carbonyl (C=O) groups excluding carboxylic acids is 1. The molecule has 0 aliphatic carbocycles. The molecule has 2 aromatic carbocycles. The van der Waals surface area contributed by atoms with Crippen LogP contribution >= 0.6 is 0 Å². The van der Waals surface area contributed by atoms with E-state index in [1.807, 2.05) is 68.4 Å². The van der Waals surface area contributed by atoms with Gasteiger partial charge in [-0.1, -0.05) is 63.2 Å². The van der Waals surface area contributed by atoms with Crippen LogP contribution in [0.2, 0.25) is 0 Å². The van der Waals surface area contributed by atoms with Crippen molar-refractivity contribution >= 4 is 15.7 Å². The third-order valence-electron chi connectivity index (χ3n) is 5.87. The van der Waals surface area contributed by atoms with Crippen molar-refractivity contribution in [2.45, 2.75) is 52.3 Å². The summed E-state index contributed by atoms with van der Waals surface area (Å²) in [4.78, 5) is 12.9. The quantitative estimate of drug-likeness (QED) is 0.345. The van der Waals surface area contributed by atoms with Crippen molar-refractivity contribution in [2.75, 3.05) is 25.2 Å². The number of hydrogen-bond acceptors (Lipinski definition) is 6. The highest BCUT2D eigenvalue weighted by Gasteiger charge is 2.27. The average Bonchev–Trinajstić information content (AvgIpc) is 2.82. The molecular formula is C27H40N2O5S. The lowest BCUT2D eigenvalue weighted by molar-refractivity contribution is -0.125. The van der Waals surface area contributed by atoms with Crippen molar-refractivity contribution in [1.82, 2.24) is 10.6 Å². The zero-order valence-electron chi connectivity index (χ0n) is 21.2. The standard InChI is InChI=1S/C27H40N2O5S/c1-20(2)13-14-35(32,33)19-21(3)27(31)29-25(16-22-9-6-5-7-10-22)26(30)18-28-17-23-11-8-12-24(15-23)34-4/h5-12,15,20-21,25-26,28,30H,13-14,16-19H2,1-4H3,(H,29,31)/t21-,25+,26-/m1/s1. The van der Waals surface area contributed by atoms with Crippen LogP contribution < -0.4 is 15.4 Å². The molecule has 0 saturated carbocycles. The Balaban J connectivity index is 2.00. The van der Waals surface area contributed by atoms with E-state index in [1.165, 1.54) is 0 Å². The molecule has 0 aliphatic heterocycles. The van der Waals surface area contributed by atoms with Gasteiger partial charge in [-0.05, 0) is 42.0 Å². The second-order valence-corrected chi connectivity index (χ2v) is 11.8. The molecule has 0 radical (unpaired) electrons. The van der Waals surface area contributed by atoms with E-state index >= 15 is 0 Å². The number of aliphatic hydroxyl groups excluding tert-OH is 1. The monoisotopic (exact) mass is 504 g/mol. The van der Waals surface area contributed by atoms with E-state index in [0.717, 1.165) is 16.9 Å². The molecule has 2 aromatic rings. The average molecular weight is 505 g/mol. The molecular weight excluding hydrogens is 464 g/mol. The maximum atomic E-state index is 12.9. The van der Waals surface area contributed by atoms with Crippen LogP contribution in [-0.2, 0) is 27.6 Å². The van der Waals surface area contributed by atoms with Crippen molar-refractivity contribution in [1.29, 1.82) is 0 Å². The van der Waals surface area contributed by atoms with Crippen LogP contribution in [0.1, 0.15) is 38.3 Å². The highest BCUT2D eigenvalue weighted by atomic mass is 32.2. The number of rotatable bonds is 15. The molecule has 0 unspecified atom stereocenters. The van der Waals surface area contributed by atoms with Crippen LogP contribution in [-0.4, -0.2) is 56.7 Å². The summed E-state index contributed by atoms with van der Waals surface area (Å²) in [5.74, 6) is -0.158. The summed E-state index contributed by atoms with van der Waals surface area (Å²) in [7, 11) is -1.72. The Morgan fingerprint density at radius 2 is 1.71 bits per heavy atom. The maximum absolute atomic E-state index is 12.9. The molecule has 0 saturated heterocycles. The number of benzene rings is 2. The molecule has 8 heteroatoms. The van der Waals surface area contributed by atoms with E-state index in [1.54, 1.807) is 14.0 Å². The maximum Gasteiger partial charge on any atom is 0.224 e. The van der Waals surface area contributed by atoms with E-state index in [0.29, 0.717) is 19.4 Å². The summed E-state index contributed by atoms with van der Waals surface area (Å²) in [5.41, 5.74) is 1.99. The summed E-state index contributed by atoms with van der Waals surface area (Å²) in [6.07, 6.45) is 0.140. The predicted octanol–water partition coefficient (Wildman–Crippen LogP) is 2.97. The minimum Gasteiger partial charge on any atom is -0.497 e. The van der Waals surface area contributed by atoms with Crippen LogP contribution in [0.25, 0.3) is 0 Å². The Kier molecular flexibility index (Phi) is 11.7. The fourth-order valence-corrected chi connectivity index (χ4v) is 5.63. The first-order chi connectivity index (χ1) is 16.6. The van der Waals surface area contributed by atoms with Crippen LogP contribution in [0.15, 0.2) is 54.6 Å². The van der Waals surface area contributed by atoms with Gasteiger partial charge in [-0.3, -0.25) is 4.79 Å². The largest absolute Gasteiger partial charge is 0.497 e. The highest BCUT2D eigenvalue weighted by Crippen LogP contribution is 2.13. The van der Waals surface area contributed by atoms with Gasteiger partial charge in [0.2, 0.25) is 5.91 Å². The summed E-state index contributed by atoms with van der Waals surface area (Å²) in [5, 5.41) is 17.1. The minimum atomic E-state index is -3.33. The first-order valence-electron chi connectivity index (χ1n) is 12.2. The molecule has 2 rings (SSSR count). The molecule has 194 valence electrons. The summed E-state index contributed by atoms with van der Waals surface area (Å²) in [6.45, 7) is 6.36. The molecule has 35 heavy (non-hydrogen) atoms. The number of amides is 1. The lowest BCUT2D eigenvalue weighted by Crippen LogP contribution is -2.50. The van der Waals surface area contributed by atoms with E-state index in [9.17, 15) is 18.3 Å². The second kappa shape index (κ2) is 14.2. The zero-order valence-corrected chi connectivity index (χ0v) is 22.1. The fraction of sp³-hybridized carbons (Fsp3) is 0.519. The predicted molar refractivity (Wildman–Crippen MR) is 140 cm³/mol. The number of hydrogen-bond donors (Lipinski definition) is 3. The Bertz CT molecular complexity index is 1010. The van der Waals surface area contributed by atoms with Gasteiger partial charge in [0.1, 0.15) is 5.75 Å². The van der Waals surface area contributed by atoms with E-state index < -0.39 is 27.9 Å². The number of sulfone groups is 1. The molecule has 0 fully saturated rings. The zero-order chi connectivity index (χ0) is 25.8. The lowest BCUT2D eigenvalue weighted by atomic mass is 10.00. The molecule has 0 aliphatic rings. The second-order valence-electron chi connectivity index (χ2n) is 9.55. The summed E-state index contributed by atoms with van der Waals surface area (Å²) >= 11 is 0. The number of aliphatic hydroxyl groups is 1. The number of ether oxygens (including phenoxy) is 1. The Hall–Kier alpha value is -2.42. The van der Waals surface area contributed by atoms with E-state index in [-0.39, 0.29) is 29.9 Å². The first kappa shape index (κ1) is 28.8. The van der Waals surface area contributed by atoms with Crippen LogP contribution in [0, 0.1) is 11.8 Å². The van der Waals surface area contributed by atoms with Gasteiger partial charge in [0.15, 0.2) is 9.84 Å². The smallest absolute Gasteiger partial charge is 0.224 e. The van der Waals surface area contributed by atoms with Crippen LogP contribution in [0.5, 0.6) is 5.75 Å². The number of nitrogens with one attached hydrogen (secondary N) is 2. The van der Waals surface area contributed by atoms with Gasteiger partial charge in [-0.2, -0.15) is 0 Å². The lowest BCUT2D eigenvalue weighted by Gasteiger charge is -2.26. The summed E-state index contributed by atoms with van der Waals surface area (Å²) in [6, 6.07) is 16.7. The van der Waals surface area contributed by atoms with Crippen molar-refractivity contribution in [2.24, 2.45) is 11.8 Å². The molecule has 0 bridgehead atoms. The molecule has 7 nitrogen and oxygen atoms in total. The number of methoxy groups -OCH3 is 1. The first-order valence-corrected chi connectivity index (χ1v) is 14.0. The third-order valence-corrected chi connectivity index (χ3v) is 7.73. The Morgan fingerprint density at radius 1 is 1.03 bits per heavy atom. The molecule has 3 N–H and O–H groups in total. The van der Waals surface area contributed by atoms with E-state index in [4.69, 9.17) is 4.74 Å².